The number of para-hydroxylation sites is 1. The number of ether oxygens (including phenoxy) is 1. The van der Waals surface area contributed by atoms with Crippen molar-refractivity contribution in [3.05, 3.63) is 64.9 Å². The first-order valence-corrected chi connectivity index (χ1v) is 10.1. The fourth-order valence-electron chi connectivity index (χ4n) is 2.04. The number of hydrogen-bond acceptors (Lipinski definition) is 6. The summed E-state index contributed by atoms with van der Waals surface area (Å²) in [7, 11) is 0. The Bertz CT molecular complexity index is 921. The van der Waals surface area contributed by atoms with E-state index in [0.717, 1.165) is 9.90 Å². The second-order valence-corrected chi connectivity index (χ2v) is 8.10. The van der Waals surface area contributed by atoms with Crippen molar-refractivity contribution in [3.63, 3.8) is 0 Å². The van der Waals surface area contributed by atoms with Crippen LogP contribution in [-0.2, 0) is 10.5 Å². The fourth-order valence-corrected chi connectivity index (χ4v) is 3.87. The van der Waals surface area contributed by atoms with Crippen molar-refractivity contribution < 1.29 is 13.9 Å². The van der Waals surface area contributed by atoms with E-state index in [4.69, 9.17) is 16.3 Å². The predicted molar refractivity (Wildman–Crippen MR) is 106 cm³/mol. The molecular weight excluding hydrogens is 409 g/mol. The minimum absolute atomic E-state index is 0.0247. The summed E-state index contributed by atoms with van der Waals surface area (Å²) in [6.07, 6.45) is -0.879. The van der Waals surface area contributed by atoms with Crippen LogP contribution in [-0.4, -0.2) is 22.2 Å². The molecule has 2 aromatic carbocycles. The minimum Gasteiger partial charge on any atom is -0.478 e. The Morgan fingerprint density at radius 1 is 1.26 bits per heavy atom. The first kappa shape index (κ1) is 19.6. The number of aromatic nitrogens is 2. The highest BCUT2D eigenvalue weighted by Crippen LogP contribution is 2.29. The standard InChI is InChI=1S/C18H15ClFN3O2S2/c1-11(25-15-5-3-2-4-14(15)20)16(24)21-17-22-23-18(27-17)26-10-12-6-8-13(19)9-7-12/h2-9,11H,10H2,1H3,(H,21,22,24). The zero-order chi connectivity index (χ0) is 19.2. The SMILES string of the molecule is CC(Oc1ccccc1F)C(=O)Nc1nnc(SCc2ccc(Cl)cc2)s1. The van der Waals surface area contributed by atoms with Gasteiger partial charge in [0.25, 0.3) is 5.91 Å². The van der Waals surface area contributed by atoms with E-state index in [1.165, 1.54) is 35.2 Å². The number of nitrogens with zero attached hydrogens (tertiary/aromatic N) is 2. The van der Waals surface area contributed by atoms with Gasteiger partial charge in [0.2, 0.25) is 5.13 Å². The zero-order valence-corrected chi connectivity index (χ0v) is 16.6. The smallest absolute Gasteiger partial charge is 0.266 e. The molecule has 1 N–H and O–H groups in total. The molecule has 27 heavy (non-hydrogen) atoms. The molecule has 1 amide bonds. The monoisotopic (exact) mass is 423 g/mol. The topological polar surface area (TPSA) is 64.1 Å². The van der Waals surface area contributed by atoms with Gasteiger partial charge in [0.05, 0.1) is 0 Å². The van der Waals surface area contributed by atoms with Gasteiger partial charge in [-0.2, -0.15) is 0 Å². The van der Waals surface area contributed by atoms with Gasteiger partial charge in [-0.1, -0.05) is 59.0 Å². The summed E-state index contributed by atoms with van der Waals surface area (Å²) < 4.78 is 19.7. The van der Waals surface area contributed by atoms with Crippen LogP contribution in [0.15, 0.2) is 52.9 Å². The van der Waals surface area contributed by atoms with Crippen LogP contribution in [0.4, 0.5) is 9.52 Å². The van der Waals surface area contributed by atoms with Crippen molar-refractivity contribution in [3.8, 4) is 5.75 Å². The molecule has 3 rings (SSSR count). The number of carbonyl (C=O) groups is 1. The third-order valence-corrected chi connectivity index (χ3v) is 5.72. The molecule has 1 atom stereocenters. The molecule has 0 radical (unpaired) electrons. The van der Waals surface area contributed by atoms with Crippen molar-refractivity contribution in [2.45, 2.75) is 23.1 Å². The second-order valence-electron chi connectivity index (χ2n) is 5.47. The lowest BCUT2D eigenvalue weighted by molar-refractivity contribution is -0.122. The van der Waals surface area contributed by atoms with E-state index in [9.17, 15) is 9.18 Å². The fraction of sp³-hybridized carbons (Fsp3) is 0.167. The average molecular weight is 424 g/mol. The Morgan fingerprint density at radius 2 is 2.00 bits per heavy atom. The van der Waals surface area contributed by atoms with Crippen molar-refractivity contribution >= 4 is 45.7 Å². The van der Waals surface area contributed by atoms with Gasteiger partial charge in [-0.05, 0) is 36.8 Å². The number of hydrogen-bond donors (Lipinski definition) is 1. The first-order chi connectivity index (χ1) is 13.0. The summed E-state index contributed by atoms with van der Waals surface area (Å²) in [6.45, 7) is 1.54. The molecule has 0 saturated carbocycles. The normalized spacial score (nSPS) is 11.8. The number of amides is 1. The lowest BCUT2D eigenvalue weighted by Gasteiger charge is -2.13. The maximum Gasteiger partial charge on any atom is 0.266 e. The molecule has 1 aromatic heterocycles. The van der Waals surface area contributed by atoms with Crippen molar-refractivity contribution in [2.24, 2.45) is 0 Å². The van der Waals surface area contributed by atoms with Crippen LogP contribution in [0.25, 0.3) is 0 Å². The highest BCUT2D eigenvalue weighted by Gasteiger charge is 2.18. The van der Waals surface area contributed by atoms with Gasteiger partial charge in [0.1, 0.15) is 0 Å². The van der Waals surface area contributed by atoms with Crippen LogP contribution in [0, 0.1) is 5.82 Å². The van der Waals surface area contributed by atoms with Crippen LogP contribution < -0.4 is 10.1 Å². The number of nitrogens with one attached hydrogen (secondary N) is 1. The minimum atomic E-state index is -0.879. The maximum atomic E-state index is 13.6. The second kappa shape index (κ2) is 9.16. The number of benzene rings is 2. The molecule has 1 heterocycles. The molecule has 9 heteroatoms. The van der Waals surface area contributed by atoms with Gasteiger partial charge in [-0.15, -0.1) is 10.2 Å². The Morgan fingerprint density at radius 3 is 2.74 bits per heavy atom. The third-order valence-electron chi connectivity index (χ3n) is 3.42. The molecular formula is C18H15ClFN3O2S2. The number of rotatable bonds is 7. The molecule has 0 aliphatic heterocycles. The van der Waals surface area contributed by atoms with Crippen molar-refractivity contribution in [2.75, 3.05) is 5.32 Å². The van der Waals surface area contributed by atoms with Crippen LogP contribution in [0.5, 0.6) is 5.75 Å². The zero-order valence-electron chi connectivity index (χ0n) is 14.2. The Balaban J connectivity index is 1.52. The summed E-state index contributed by atoms with van der Waals surface area (Å²) in [5, 5.41) is 11.7. The van der Waals surface area contributed by atoms with Gasteiger partial charge >= 0.3 is 0 Å². The number of halogens is 2. The van der Waals surface area contributed by atoms with Crippen molar-refractivity contribution in [1.29, 1.82) is 0 Å². The average Bonchev–Trinajstić information content (AvgIpc) is 3.10. The highest BCUT2D eigenvalue weighted by molar-refractivity contribution is 8.00. The molecule has 0 spiro atoms. The summed E-state index contributed by atoms with van der Waals surface area (Å²) in [6, 6.07) is 13.5. The molecule has 0 bridgehead atoms. The van der Waals surface area contributed by atoms with Gasteiger partial charge in [-0.3, -0.25) is 10.1 Å². The number of thioether (sulfide) groups is 1. The van der Waals surface area contributed by atoms with Gasteiger partial charge in [0.15, 0.2) is 22.0 Å². The molecule has 0 fully saturated rings. The van der Waals surface area contributed by atoms with Crippen LogP contribution in [0.2, 0.25) is 5.02 Å². The van der Waals surface area contributed by atoms with E-state index in [2.05, 4.69) is 15.5 Å². The van der Waals surface area contributed by atoms with Crippen LogP contribution >= 0.6 is 34.7 Å². The predicted octanol–water partition coefficient (Wildman–Crippen LogP) is 5.03. The highest BCUT2D eigenvalue weighted by atomic mass is 35.5. The summed E-state index contributed by atoms with van der Waals surface area (Å²) in [4.78, 5) is 12.2. The Kier molecular flexibility index (Phi) is 6.65. The van der Waals surface area contributed by atoms with Crippen LogP contribution in [0.3, 0.4) is 0 Å². The summed E-state index contributed by atoms with van der Waals surface area (Å²) >= 11 is 8.64. The Hall–Kier alpha value is -2.16. The van der Waals surface area contributed by atoms with Gasteiger partial charge < -0.3 is 4.74 Å². The van der Waals surface area contributed by atoms with E-state index in [0.29, 0.717) is 15.9 Å². The molecule has 0 aliphatic rings. The van der Waals surface area contributed by atoms with E-state index in [-0.39, 0.29) is 5.75 Å². The van der Waals surface area contributed by atoms with E-state index < -0.39 is 17.8 Å². The lowest BCUT2D eigenvalue weighted by Crippen LogP contribution is -2.30. The third kappa shape index (κ3) is 5.66. The molecule has 1 unspecified atom stereocenters. The van der Waals surface area contributed by atoms with E-state index >= 15 is 0 Å². The van der Waals surface area contributed by atoms with Gasteiger partial charge in [0, 0.05) is 10.8 Å². The molecule has 140 valence electrons. The Labute approximate surface area is 168 Å². The largest absolute Gasteiger partial charge is 0.478 e. The van der Waals surface area contributed by atoms with E-state index in [1.54, 1.807) is 19.1 Å². The molecule has 5 nitrogen and oxygen atoms in total. The lowest BCUT2D eigenvalue weighted by atomic mass is 10.2. The number of anilines is 1. The number of carbonyl (C=O) groups excluding carboxylic acids is 1. The molecule has 3 aromatic rings. The first-order valence-electron chi connectivity index (χ1n) is 7.94. The van der Waals surface area contributed by atoms with Crippen molar-refractivity contribution in [1.82, 2.24) is 10.2 Å². The van der Waals surface area contributed by atoms with E-state index in [1.807, 2.05) is 24.3 Å². The van der Waals surface area contributed by atoms with Gasteiger partial charge in [-0.25, -0.2) is 4.39 Å². The quantitative estimate of drug-likeness (QED) is 0.426. The molecule has 0 saturated heterocycles. The van der Waals surface area contributed by atoms with Crippen LogP contribution in [0.1, 0.15) is 12.5 Å². The summed E-state index contributed by atoms with van der Waals surface area (Å²) in [5.74, 6) is -0.207. The summed E-state index contributed by atoms with van der Waals surface area (Å²) in [5.41, 5.74) is 1.11. The maximum absolute atomic E-state index is 13.6. The molecule has 0 aliphatic carbocycles.